The number of hydrogen-bond donors (Lipinski definition) is 3. The van der Waals surface area contributed by atoms with Crippen LogP contribution in [-0.2, 0) is 0 Å². The van der Waals surface area contributed by atoms with Crippen molar-refractivity contribution in [1.29, 1.82) is 0 Å². The highest BCUT2D eigenvalue weighted by Gasteiger charge is 2.15. The second-order valence-electron chi connectivity index (χ2n) is 5.82. The van der Waals surface area contributed by atoms with Gasteiger partial charge < -0.3 is 16.0 Å². The predicted molar refractivity (Wildman–Crippen MR) is 86.8 cm³/mol. The Morgan fingerprint density at radius 3 is 2.48 bits per heavy atom. The van der Waals surface area contributed by atoms with Crippen LogP contribution in [0.5, 0.6) is 0 Å². The number of carbonyl (C=O) groups is 2. The van der Waals surface area contributed by atoms with Crippen LogP contribution in [0.2, 0.25) is 0 Å². The molecule has 126 valence electrons. The molecule has 0 unspecified atom stereocenters. The number of amides is 3. The Labute approximate surface area is 136 Å². The molecule has 2 rings (SSSR count). The lowest BCUT2D eigenvalue weighted by atomic mass is 9.96. The van der Waals surface area contributed by atoms with Crippen molar-refractivity contribution in [2.75, 3.05) is 13.1 Å². The average molecular weight is 321 g/mol. The van der Waals surface area contributed by atoms with Crippen molar-refractivity contribution in [3.63, 3.8) is 0 Å². The van der Waals surface area contributed by atoms with Crippen LogP contribution in [0.15, 0.2) is 24.3 Å². The van der Waals surface area contributed by atoms with Crippen LogP contribution in [-0.4, -0.2) is 31.1 Å². The molecule has 0 spiro atoms. The van der Waals surface area contributed by atoms with Gasteiger partial charge in [-0.05, 0) is 31.4 Å². The third kappa shape index (κ3) is 5.88. The minimum absolute atomic E-state index is 0.0375. The van der Waals surface area contributed by atoms with Gasteiger partial charge in [0.15, 0.2) is 0 Å². The first-order valence-electron chi connectivity index (χ1n) is 8.24. The Morgan fingerprint density at radius 1 is 1.04 bits per heavy atom. The molecule has 1 fully saturated rings. The van der Waals surface area contributed by atoms with Crippen molar-refractivity contribution in [3.05, 3.63) is 35.6 Å². The largest absolute Gasteiger partial charge is 0.352 e. The molecule has 0 bridgehead atoms. The van der Waals surface area contributed by atoms with Crippen LogP contribution < -0.4 is 16.0 Å². The van der Waals surface area contributed by atoms with Gasteiger partial charge in [0.1, 0.15) is 5.82 Å². The van der Waals surface area contributed by atoms with Gasteiger partial charge in [0.25, 0.3) is 5.91 Å². The molecule has 5 nitrogen and oxygen atoms in total. The highest BCUT2D eigenvalue weighted by atomic mass is 19.1. The maximum Gasteiger partial charge on any atom is 0.315 e. The molecule has 0 heterocycles. The summed E-state index contributed by atoms with van der Waals surface area (Å²) >= 11 is 0. The molecule has 1 aliphatic rings. The summed E-state index contributed by atoms with van der Waals surface area (Å²) in [5.41, 5.74) is 0.0375. The summed E-state index contributed by atoms with van der Waals surface area (Å²) in [5.74, 6) is -0.968. The zero-order chi connectivity index (χ0) is 16.5. The number of urea groups is 1. The number of hydrogen-bond acceptors (Lipinski definition) is 2. The zero-order valence-corrected chi connectivity index (χ0v) is 13.2. The summed E-state index contributed by atoms with van der Waals surface area (Å²) in [7, 11) is 0. The van der Waals surface area contributed by atoms with Gasteiger partial charge in [-0.1, -0.05) is 31.4 Å². The second kappa shape index (κ2) is 9.12. The molecule has 3 N–H and O–H groups in total. The minimum Gasteiger partial charge on any atom is -0.352 e. The van der Waals surface area contributed by atoms with Crippen LogP contribution in [0, 0.1) is 5.82 Å². The van der Waals surface area contributed by atoms with E-state index in [0.29, 0.717) is 19.5 Å². The summed E-state index contributed by atoms with van der Waals surface area (Å²) in [6, 6.07) is 5.99. The summed E-state index contributed by atoms with van der Waals surface area (Å²) in [4.78, 5) is 23.5. The van der Waals surface area contributed by atoms with Crippen LogP contribution in [0.25, 0.3) is 0 Å². The van der Waals surface area contributed by atoms with E-state index in [0.717, 1.165) is 12.8 Å². The SMILES string of the molecule is O=C(NCCCNC(=O)c1ccccc1F)NC1CCCCC1. The first-order valence-corrected chi connectivity index (χ1v) is 8.24. The lowest BCUT2D eigenvalue weighted by molar-refractivity contribution is 0.0949. The normalized spacial score (nSPS) is 15.0. The van der Waals surface area contributed by atoms with E-state index in [1.165, 1.54) is 31.4 Å². The first-order chi connectivity index (χ1) is 11.2. The molecule has 3 amide bonds. The van der Waals surface area contributed by atoms with Crippen molar-refractivity contribution in [3.8, 4) is 0 Å². The maximum atomic E-state index is 13.4. The highest BCUT2D eigenvalue weighted by molar-refractivity contribution is 5.94. The Morgan fingerprint density at radius 2 is 1.74 bits per heavy atom. The smallest absolute Gasteiger partial charge is 0.315 e. The van der Waals surface area contributed by atoms with Gasteiger partial charge in [0.05, 0.1) is 5.56 Å². The Bertz CT molecular complexity index is 530. The molecule has 1 saturated carbocycles. The molecule has 1 aliphatic carbocycles. The van der Waals surface area contributed by atoms with Crippen LogP contribution >= 0.6 is 0 Å². The number of rotatable bonds is 6. The van der Waals surface area contributed by atoms with Gasteiger partial charge in [-0.15, -0.1) is 0 Å². The molecule has 0 radical (unpaired) electrons. The zero-order valence-electron chi connectivity index (χ0n) is 13.2. The van der Waals surface area contributed by atoms with Gasteiger partial charge in [-0.25, -0.2) is 9.18 Å². The fraction of sp³-hybridized carbons (Fsp3) is 0.529. The summed E-state index contributed by atoms with van der Waals surface area (Å²) in [5, 5.41) is 8.39. The van der Waals surface area contributed by atoms with E-state index in [-0.39, 0.29) is 17.6 Å². The fourth-order valence-corrected chi connectivity index (χ4v) is 2.72. The standard InChI is InChI=1S/C17H24FN3O2/c18-15-10-5-4-9-14(15)16(22)19-11-6-12-20-17(23)21-13-7-2-1-3-8-13/h4-5,9-10,13H,1-3,6-8,11-12H2,(H,19,22)(H2,20,21,23). The third-order valence-corrected chi connectivity index (χ3v) is 3.98. The molecule has 0 aromatic heterocycles. The average Bonchev–Trinajstić information content (AvgIpc) is 2.55. The van der Waals surface area contributed by atoms with E-state index in [1.807, 2.05) is 0 Å². The summed E-state index contributed by atoms with van der Waals surface area (Å²) < 4.78 is 13.4. The molecule has 1 aromatic carbocycles. The lowest BCUT2D eigenvalue weighted by Gasteiger charge is -2.22. The van der Waals surface area contributed by atoms with Gasteiger partial charge >= 0.3 is 6.03 Å². The molecule has 1 aromatic rings. The van der Waals surface area contributed by atoms with Gasteiger partial charge in [0, 0.05) is 19.1 Å². The minimum atomic E-state index is -0.532. The van der Waals surface area contributed by atoms with E-state index in [4.69, 9.17) is 0 Å². The molecular formula is C17H24FN3O2. The van der Waals surface area contributed by atoms with Crippen LogP contribution in [0.1, 0.15) is 48.9 Å². The Kier molecular flexibility index (Phi) is 6.84. The quantitative estimate of drug-likeness (QED) is 0.705. The molecule has 0 saturated heterocycles. The van der Waals surface area contributed by atoms with E-state index in [2.05, 4.69) is 16.0 Å². The molecule has 0 atom stereocenters. The van der Waals surface area contributed by atoms with E-state index in [9.17, 15) is 14.0 Å². The number of nitrogens with one attached hydrogen (secondary N) is 3. The first kappa shape index (κ1) is 17.2. The number of halogens is 1. The molecule has 0 aliphatic heterocycles. The highest BCUT2D eigenvalue weighted by Crippen LogP contribution is 2.17. The van der Waals surface area contributed by atoms with Crippen molar-refractivity contribution in [2.45, 2.75) is 44.6 Å². The lowest BCUT2D eigenvalue weighted by Crippen LogP contribution is -2.43. The van der Waals surface area contributed by atoms with Crippen molar-refractivity contribution >= 4 is 11.9 Å². The molecular weight excluding hydrogens is 297 g/mol. The topological polar surface area (TPSA) is 70.2 Å². The summed E-state index contributed by atoms with van der Waals surface area (Å²) in [6.07, 6.45) is 6.29. The molecule has 23 heavy (non-hydrogen) atoms. The predicted octanol–water partition coefficient (Wildman–Crippen LogP) is 2.58. The number of benzene rings is 1. The van der Waals surface area contributed by atoms with E-state index < -0.39 is 11.7 Å². The maximum absolute atomic E-state index is 13.4. The number of carbonyl (C=O) groups excluding carboxylic acids is 2. The van der Waals surface area contributed by atoms with Crippen molar-refractivity contribution in [2.24, 2.45) is 0 Å². The van der Waals surface area contributed by atoms with Crippen LogP contribution in [0.3, 0.4) is 0 Å². The Balaban J connectivity index is 1.57. The Hall–Kier alpha value is -2.11. The molecule has 6 heteroatoms. The third-order valence-electron chi connectivity index (χ3n) is 3.98. The van der Waals surface area contributed by atoms with E-state index >= 15 is 0 Å². The van der Waals surface area contributed by atoms with Gasteiger partial charge in [0.2, 0.25) is 0 Å². The van der Waals surface area contributed by atoms with Gasteiger partial charge in [-0.2, -0.15) is 0 Å². The van der Waals surface area contributed by atoms with Crippen LogP contribution in [0.4, 0.5) is 9.18 Å². The van der Waals surface area contributed by atoms with Gasteiger partial charge in [-0.3, -0.25) is 4.79 Å². The van der Waals surface area contributed by atoms with E-state index in [1.54, 1.807) is 12.1 Å². The summed E-state index contributed by atoms with van der Waals surface area (Å²) in [6.45, 7) is 0.854. The fourth-order valence-electron chi connectivity index (χ4n) is 2.72. The van der Waals surface area contributed by atoms with Crippen molar-refractivity contribution < 1.29 is 14.0 Å². The van der Waals surface area contributed by atoms with Crippen molar-refractivity contribution in [1.82, 2.24) is 16.0 Å². The second-order valence-corrected chi connectivity index (χ2v) is 5.82. The monoisotopic (exact) mass is 321 g/mol.